The van der Waals surface area contributed by atoms with Crippen LogP contribution in [-0.4, -0.2) is 35.6 Å². The number of halogens is 2. The molecule has 19 heavy (non-hydrogen) atoms. The number of nitrogens with zero attached hydrogens (tertiary/aromatic N) is 1. The van der Waals surface area contributed by atoms with E-state index in [2.05, 4.69) is 0 Å². The molecule has 2 rings (SSSR count). The summed E-state index contributed by atoms with van der Waals surface area (Å²) in [5.41, 5.74) is -0.187. The number of amides is 1. The quantitative estimate of drug-likeness (QED) is 0.904. The molecule has 0 bridgehead atoms. The van der Waals surface area contributed by atoms with Gasteiger partial charge in [0.25, 0.3) is 0 Å². The second-order valence-electron chi connectivity index (χ2n) is 5.14. The highest BCUT2D eigenvalue weighted by atomic mass is 19.1. The fourth-order valence-corrected chi connectivity index (χ4v) is 2.33. The third-order valence-electron chi connectivity index (χ3n) is 3.56. The van der Waals surface area contributed by atoms with Crippen LogP contribution in [-0.2, 0) is 11.2 Å². The van der Waals surface area contributed by atoms with E-state index in [4.69, 9.17) is 0 Å². The van der Waals surface area contributed by atoms with Gasteiger partial charge in [0.05, 0.1) is 12.5 Å². The minimum atomic E-state index is -0.694. The summed E-state index contributed by atoms with van der Waals surface area (Å²) in [4.78, 5) is 13.4. The van der Waals surface area contributed by atoms with Crippen LogP contribution in [0.5, 0.6) is 0 Å². The molecule has 1 amide bonds. The predicted molar refractivity (Wildman–Crippen MR) is 66.4 cm³/mol. The van der Waals surface area contributed by atoms with Crippen LogP contribution in [0.25, 0.3) is 0 Å². The van der Waals surface area contributed by atoms with Crippen molar-refractivity contribution in [1.29, 1.82) is 0 Å². The average molecular weight is 269 g/mol. The first-order valence-corrected chi connectivity index (χ1v) is 6.32. The lowest BCUT2D eigenvalue weighted by atomic mass is 9.82. The first-order chi connectivity index (χ1) is 8.97. The Bertz CT molecular complexity index is 452. The van der Waals surface area contributed by atoms with Crippen molar-refractivity contribution in [3.05, 3.63) is 35.4 Å². The highest BCUT2D eigenvalue weighted by Gasteiger charge is 2.29. The van der Waals surface area contributed by atoms with Gasteiger partial charge in [0, 0.05) is 19.2 Å². The summed E-state index contributed by atoms with van der Waals surface area (Å²) >= 11 is 0. The number of carbonyl (C=O) groups excluding carboxylic acids is 1. The first-order valence-electron chi connectivity index (χ1n) is 6.32. The van der Waals surface area contributed by atoms with Crippen molar-refractivity contribution >= 4 is 5.91 Å². The van der Waals surface area contributed by atoms with Crippen molar-refractivity contribution in [2.24, 2.45) is 5.92 Å². The number of rotatable bonds is 4. The third kappa shape index (κ3) is 3.29. The minimum Gasteiger partial charge on any atom is -0.393 e. The second-order valence-corrected chi connectivity index (χ2v) is 5.14. The molecule has 1 saturated carbocycles. The van der Waals surface area contributed by atoms with Crippen molar-refractivity contribution in [2.45, 2.75) is 25.4 Å². The number of hydrogen-bond donors (Lipinski definition) is 1. The van der Waals surface area contributed by atoms with Crippen molar-refractivity contribution in [3.8, 4) is 0 Å². The Morgan fingerprint density at radius 1 is 1.37 bits per heavy atom. The van der Waals surface area contributed by atoms with E-state index in [0.29, 0.717) is 19.4 Å². The van der Waals surface area contributed by atoms with Crippen LogP contribution in [0, 0.1) is 17.6 Å². The van der Waals surface area contributed by atoms with Gasteiger partial charge < -0.3 is 10.0 Å². The predicted octanol–water partition coefficient (Wildman–Crippen LogP) is 1.74. The van der Waals surface area contributed by atoms with Gasteiger partial charge in [0.2, 0.25) is 5.91 Å². The zero-order valence-electron chi connectivity index (χ0n) is 10.8. The molecule has 0 aromatic heterocycles. The molecular formula is C14H17F2NO2. The van der Waals surface area contributed by atoms with E-state index < -0.39 is 11.6 Å². The number of hydrogen-bond acceptors (Lipinski definition) is 2. The number of benzene rings is 1. The Morgan fingerprint density at radius 2 is 1.95 bits per heavy atom. The molecular weight excluding hydrogens is 252 g/mol. The summed E-state index contributed by atoms with van der Waals surface area (Å²) in [6.45, 7) is 0.520. The molecule has 1 aliphatic carbocycles. The zero-order valence-corrected chi connectivity index (χ0v) is 10.8. The van der Waals surface area contributed by atoms with E-state index in [0.717, 1.165) is 12.1 Å². The van der Waals surface area contributed by atoms with Crippen molar-refractivity contribution in [3.63, 3.8) is 0 Å². The highest BCUT2D eigenvalue weighted by Crippen LogP contribution is 2.27. The van der Waals surface area contributed by atoms with E-state index in [9.17, 15) is 18.7 Å². The van der Waals surface area contributed by atoms with Crippen LogP contribution < -0.4 is 0 Å². The Morgan fingerprint density at radius 3 is 2.47 bits per heavy atom. The van der Waals surface area contributed by atoms with Gasteiger partial charge in [-0.2, -0.15) is 0 Å². The lowest BCUT2D eigenvalue weighted by Crippen LogP contribution is -2.40. The normalized spacial score (nSPS) is 21.9. The summed E-state index contributed by atoms with van der Waals surface area (Å²) in [6.07, 6.45) is 0.833. The molecule has 0 atom stereocenters. The maximum atomic E-state index is 13.4. The second kappa shape index (κ2) is 5.65. The van der Waals surface area contributed by atoms with Gasteiger partial charge in [-0.15, -0.1) is 0 Å². The van der Waals surface area contributed by atoms with Crippen molar-refractivity contribution in [1.82, 2.24) is 4.90 Å². The summed E-state index contributed by atoms with van der Waals surface area (Å²) in [6, 6.07) is 3.57. The zero-order chi connectivity index (χ0) is 14.0. The standard InChI is InChI=1S/C14H17F2NO2/c1-17(8-9-5-10(18)6-9)14(19)7-11-12(15)3-2-4-13(11)16/h2-4,9-10,18H,5-8H2,1H3. The molecule has 0 saturated heterocycles. The molecule has 1 N–H and O–H groups in total. The lowest BCUT2D eigenvalue weighted by Gasteiger charge is -2.34. The maximum Gasteiger partial charge on any atom is 0.226 e. The Balaban J connectivity index is 1.93. The fourth-order valence-electron chi connectivity index (χ4n) is 2.33. The lowest BCUT2D eigenvalue weighted by molar-refractivity contribution is -0.130. The number of aliphatic hydroxyl groups is 1. The molecule has 1 aromatic carbocycles. The molecule has 1 fully saturated rings. The minimum absolute atomic E-state index is 0.187. The van der Waals surface area contributed by atoms with Gasteiger partial charge in [-0.05, 0) is 30.9 Å². The number of aliphatic hydroxyl groups excluding tert-OH is 1. The summed E-state index contributed by atoms with van der Waals surface area (Å²) in [7, 11) is 1.62. The van der Waals surface area contributed by atoms with Gasteiger partial charge >= 0.3 is 0 Å². The topological polar surface area (TPSA) is 40.5 Å². The first kappa shape index (κ1) is 13.9. The Labute approximate surface area is 110 Å². The maximum absolute atomic E-state index is 13.4. The van der Waals surface area contributed by atoms with Crippen LogP contribution in [0.1, 0.15) is 18.4 Å². The van der Waals surface area contributed by atoms with Crippen LogP contribution in [0.15, 0.2) is 18.2 Å². The molecule has 0 unspecified atom stereocenters. The van der Waals surface area contributed by atoms with E-state index in [-0.39, 0.29) is 29.9 Å². The SMILES string of the molecule is CN(CC1CC(O)C1)C(=O)Cc1c(F)cccc1F. The monoisotopic (exact) mass is 269 g/mol. The molecule has 1 aliphatic rings. The Hall–Kier alpha value is -1.49. The molecule has 5 heteroatoms. The summed E-state index contributed by atoms with van der Waals surface area (Å²) < 4.78 is 26.8. The van der Waals surface area contributed by atoms with Gasteiger partial charge in [-0.3, -0.25) is 4.79 Å². The van der Waals surface area contributed by atoms with Gasteiger partial charge in [-0.25, -0.2) is 8.78 Å². The fraction of sp³-hybridized carbons (Fsp3) is 0.500. The van der Waals surface area contributed by atoms with Gasteiger partial charge in [0.15, 0.2) is 0 Å². The summed E-state index contributed by atoms with van der Waals surface area (Å²) in [5.74, 6) is -1.42. The van der Waals surface area contributed by atoms with Crippen molar-refractivity contribution < 1.29 is 18.7 Å². The molecule has 0 heterocycles. The smallest absolute Gasteiger partial charge is 0.226 e. The average Bonchev–Trinajstić information content (AvgIpc) is 2.31. The molecule has 1 aromatic rings. The highest BCUT2D eigenvalue weighted by molar-refractivity contribution is 5.78. The van der Waals surface area contributed by atoms with E-state index in [1.165, 1.54) is 11.0 Å². The van der Waals surface area contributed by atoms with Crippen LogP contribution >= 0.6 is 0 Å². The Kier molecular flexibility index (Phi) is 4.14. The largest absolute Gasteiger partial charge is 0.393 e. The molecule has 0 aliphatic heterocycles. The van der Waals surface area contributed by atoms with E-state index in [1.807, 2.05) is 0 Å². The van der Waals surface area contributed by atoms with Gasteiger partial charge in [-0.1, -0.05) is 6.07 Å². The van der Waals surface area contributed by atoms with Crippen LogP contribution in [0.2, 0.25) is 0 Å². The van der Waals surface area contributed by atoms with Crippen LogP contribution in [0.3, 0.4) is 0 Å². The molecule has 0 spiro atoms. The number of carbonyl (C=O) groups is 1. The third-order valence-corrected chi connectivity index (χ3v) is 3.56. The molecule has 3 nitrogen and oxygen atoms in total. The summed E-state index contributed by atoms with van der Waals surface area (Å²) in [5, 5.41) is 9.18. The van der Waals surface area contributed by atoms with Gasteiger partial charge in [0.1, 0.15) is 11.6 Å². The van der Waals surface area contributed by atoms with E-state index in [1.54, 1.807) is 7.05 Å². The molecule has 0 radical (unpaired) electrons. The van der Waals surface area contributed by atoms with Crippen molar-refractivity contribution in [2.75, 3.05) is 13.6 Å². The van der Waals surface area contributed by atoms with Crippen LogP contribution in [0.4, 0.5) is 8.78 Å². The van der Waals surface area contributed by atoms with E-state index >= 15 is 0 Å². The molecule has 104 valence electrons. The number of likely N-dealkylation sites (N-methyl/N-ethyl adjacent to an activating group) is 1.